The molecule has 0 radical (unpaired) electrons. The fourth-order valence-electron chi connectivity index (χ4n) is 3.05. The Bertz CT molecular complexity index is 918. The topological polar surface area (TPSA) is 38.1 Å². The van der Waals surface area contributed by atoms with Gasteiger partial charge in [-0.2, -0.15) is 5.10 Å². The van der Waals surface area contributed by atoms with Crippen molar-refractivity contribution in [1.82, 2.24) is 9.78 Å². The Hall–Kier alpha value is -2.53. The van der Waals surface area contributed by atoms with E-state index in [-0.39, 0.29) is 5.91 Å². The first-order valence-corrected chi connectivity index (χ1v) is 8.63. The van der Waals surface area contributed by atoms with Crippen molar-refractivity contribution in [1.29, 1.82) is 0 Å². The maximum Gasteiger partial charge on any atom is 0.259 e. The first-order valence-electron chi connectivity index (χ1n) is 7.81. The third-order valence-corrected chi connectivity index (χ3v) is 5.39. The minimum Gasteiger partial charge on any atom is -0.300 e. The van der Waals surface area contributed by atoms with E-state index in [2.05, 4.69) is 5.10 Å². The molecule has 2 heterocycles. The molecule has 1 aliphatic heterocycles. The molecular formula is C19H17N3OS. The van der Waals surface area contributed by atoms with Gasteiger partial charge in [0.05, 0.1) is 23.5 Å². The van der Waals surface area contributed by atoms with Crippen molar-refractivity contribution in [3.05, 3.63) is 71.4 Å². The summed E-state index contributed by atoms with van der Waals surface area (Å²) in [6, 6.07) is 17.8. The number of nitrogens with zero attached hydrogens (tertiary/aromatic N) is 3. The number of benzene rings is 2. The first kappa shape index (κ1) is 15.0. The van der Waals surface area contributed by atoms with Crippen LogP contribution in [0.5, 0.6) is 0 Å². The van der Waals surface area contributed by atoms with E-state index in [0.717, 1.165) is 32.4 Å². The third kappa shape index (κ3) is 2.41. The highest BCUT2D eigenvalue weighted by Crippen LogP contribution is 2.43. The van der Waals surface area contributed by atoms with Gasteiger partial charge >= 0.3 is 0 Å². The van der Waals surface area contributed by atoms with E-state index in [9.17, 15) is 4.79 Å². The van der Waals surface area contributed by atoms with Gasteiger partial charge < -0.3 is 0 Å². The fraction of sp³-hybridized carbons (Fsp3) is 0.158. The summed E-state index contributed by atoms with van der Waals surface area (Å²) in [5.41, 5.74) is 3.63. The van der Waals surface area contributed by atoms with Crippen LogP contribution in [-0.2, 0) is 13.6 Å². The van der Waals surface area contributed by atoms with E-state index in [1.54, 1.807) is 11.8 Å². The number of hydrogen-bond acceptors (Lipinski definition) is 3. The summed E-state index contributed by atoms with van der Waals surface area (Å²) in [5.74, 6) is 0.0248. The SMILES string of the molecule is Cc1nn(C)c2c1N(Cc1ccccc1)C(=O)c1ccccc1S2. The number of amides is 1. The van der Waals surface area contributed by atoms with Crippen LogP contribution in [0.15, 0.2) is 64.5 Å². The lowest BCUT2D eigenvalue weighted by Crippen LogP contribution is -2.30. The molecule has 0 saturated heterocycles. The fourth-order valence-corrected chi connectivity index (χ4v) is 4.20. The summed E-state index contributed by atoms with van der Waals surface area (Å²) in [4.78, 5) is 16.1. The molecule has 5 heteroatoms. The number of rotatable bonds is 2. The third-order valence-electron chi connectivity index (χ3n) is 4.16. The van der Waals surface area contributed by atoms with Crippen LogP contribution >= 0.6 is 11.8 Å². The Labute approximate surface area is 145 Å². The van der Waals surface area contributed by atoms with E-state index < -0.39 is 0 Å². The Balaban J connectivity index is 1.89. The zero-order chi connectivity index (χ0) is 16.7. The molecule has 0 saturated carbocycles. The van der Waals surface area contributed by atoms with E-state index in [4.69, 9.17) is 0 Å². The number of aromatic nitrogens is 2. The van der Waals surface area contributed by atoms with Crippen LogP contribution in [0.25, 0.3) is 0 Å². The molecule has 120 valence electrons. The molecule has 0 atom stereocenters. The summed E-state index contributed by atoms with van der Waals surface area (Å²) in [5, 5.41) is 5.54. The molecular weight excluding hydrogens is 318 g/mol. The number of hydrogen-bond donors (Lipinski definition) is 0. The summed E-state index contributed by atoms with van der Waals surface area (Å²) in [7, 11) is 1.93. The molecule has 0 fully saturated rings. The molecule has 1 aromatic heterocycles. The highest BCUT2D eigenvalue weighted by molar-refractivity contribution is 7.99. The van der Waals surface area contributed by atoms with Gasteiger partial charge in [-0.15, -0.1) is 0 Å². The van der Waals surface area contributed by atoms with Crippen LogP contribution in [-0.4, -0.2) is 15.7 Å². The van der Waals surface area contributed by atoms with Crippen LogP contribution in [0.2, 0.25) is 0 Å². The lowest BCUT2D eigenvalue weighted by atomic mass is 10.1. The van der Waals surface area contributed by atoms with Gasteiger partial charge in [-0.3, -0.25) is 14.4 Å². The van der Waals surface area contributed by atoms with Crippen LogP contribution < -0.4 is 4.90 Å². The largest absolute Gasteiger partial charge is 0.300 e. The highest BCUT2D eigenvalue weighted by atomic mass is 32.2. The number of fused-ring (bicyclic) bond motifs is 2. The van der Waals surface area contributed by atoms with Crippen molar-refractivity contribution in [2.45, 2.75) is 23.4 Å². The predicted molar refractivity (Wildman–Crippen MR) is 95.5 cm³/mol. The minimum atomic E-state index is 0.0248. The van der Waals surface area contributed by atoms with Crippen molar-refractivity contribution in [2.75, 3.05) is 4.90 Å². The smallest absolute Gasteiger partial charge is 0.259 e. The molecule has 4 rings (SSSR count). The molecule has 4 nitrogen and oxygen atoms in total. The zero-order valence-corrected chi connectivity index (χ0v) is 14.4. The summed E-state index contributed by atoms with van der Waals surface area (Å²) < 4.78 is 1.86. The van der Waals surface area contributed by atoms with Crippen LogP contribution in [0.3, 0.4) is 0 Å². The second kappa shape index (κ2) is 5.83. The standard InChI is InChI=1S/C19H17N3OS/c1-13-17-19(21(2)20-13)24-16-11-7-6-10-15(16)18(23)22(17)12-14-8-4-3-5-9-14/h3-11H,12H2,1-2H3. The van der Waals surface area contributed by atoms with Gasteiger partial charge in [-0.25, -0.2) is 0 Å². The lowest BCUT2D eigenvalue weighted by Gasteiger charge is -2.22. The molecule has 2 aromatic carbocycles. The van der Waals surface area contributed by atoms with Crippen molar-refractivity contribution in [3.63, 3.8) is 0 Å². The Morgan fingerprint density at radius 2 is 1.75 bits per heavy atom. The summed E-state index contributed by atoms with van der Waals surface area (Å²) in [6.07, 6.45) is 0. The monoisotopic (exact) mass is 335 g/mol. The van der Waals surface area contributed by atoms with Crippen molar-refractivity contribution in [2.24, 2.45) is 7.05 Å². The van der Waals surface area contributed by atoms with Crippen LogP contribution in [0.1, 0.15) is 21.6 Å². The second-order valence-corrected chi connectivity index (χ2v) is 6.87. The van der Waals surface area contributed by atoms with E-state index in [1.807, 2.05) is 78.2 Å². The van der Waals surface area contributed by atoms with Gasteiger partial charge in [0.2, 0.25) is 0 Å². The maximum absolute atomic E-state index is 13.2. The predicted octanol–water partition coefficient (Wildman–Crippen LogP) is 4.04. The molecule has 0 unspecified atom stereocenters. The molecule has 1 amide bonds. The number of carbonyl (C=O) groups excluding carboxylic acids is 1. The molecule has 1 aliphatic rings. The Morgan fingerprint density at radius 1 is 1.04 bits per heavy atom. The molecule has 24 heavy (non-hydrogen) atoms. The number of aryl methyl sites for hydroxylation is 2. The average molecular weight is 335 g/mol. The van der Waals surface area contributed by atoms with Gasteiger partial charge in [-0.1, -0.05) is 54.2 Å². The molecule has 0 bridgehead atoms. The molecule has 3 aromatic rings. The Morgan fingerprint density at radius 3 is 2.54 bits per heavy atom. The van der Waals surface area contributed by atoms with Gasteiger partial charge in [0, 0.05) is 11.9 Å². The van der Waals surface area contributed by atoms with Gasteiger partial charge in [0.25, 0.3) is 5.91 Å². The maximum atomic E-state index is 13.2. The van der Waals surface area contributed by atoms with Crippen LogP contribution in [0.4, 0.5) is 5.69 Å². The molecule has 0 aliphatic carbocycles. The quantitative estimate of drug-likeness (QED) is 0.709. The summed E-state index contributed by atoms with van der Waals surface area (Å²) in [6.45, 7) is 2.49. The second-order valence-electron chi connectivity index (χ2n) is 5.84. The van der Waals surface area contributed by atoms with Crippen molar-refractivity contribution in [3.8, 4) is 0 Å². The van der Waals surface area contributed by atoms with Gasteiger partial charge in [0.15, 0.2) is 0 Å². The van der Waals surface area contributed by atoms with Gasteiger partial charge in [0.1, 0.15) is 5.03 Å². The van der Waals surface area contributed by atoms with E-state index in [0.29, 0.717) is 6.54 Å². The lowest BCUT2D eigenvalue weighted by molar-refractivity contribution is 0.0982. The number of carbonyl (C=O) groups is 1. The van der Waals surface area contributed by atoms with Crippen molar-refractivity contribution < 1.29 is 4.79 Å². The number of anilines is 1. The van der Waals surface area contributed by atoms with E-state index >= 15 is 0 Å². The highest BCUT2D eigenvalue weighted by Gasteiger charge is 2.31. The average Bonchev–Trinajstić information content (AvgIpc) is 2.80. The van der Waals surface area contributed by atoms with E-state index in [1.165, 1.54) is 0 Å². The Kier molecular flexibility index (Phi) is 3.65. The first-order chi connectivity index (χ1) is 11.6. The zero-order valence-electron chi connectivity index (χ0n) is 13.6. The normalized spacial score (nSPS) is 13.4. The molecule has 0 spiro atoms. The van der Waals surface area contributed by atoms with Gasteiger partial charge in [-0.05, 0) is 24.6 Å². The minimum absolute atomic E-state index is 0.0248. The van der Waals surface area contributed by atoms with Crippen molar-refractivity contribution >= 4 is 23.4 Å². The molecule has 0 N–H and O–H groups in total. The van der Waals surface area contributed by atoms with Crippen LogP contribution in [0, 0.1) is 6.92 Å². The summed E-state index contributed by atoms with van der Waals surface area (Å²) >= 11 is 1.61.